The molecule has 2 aliphatic rings. The van der Waals surface area contributed by atoms with E-state index in [0.29, 0.717) is 0 Å². The van der Waals surface area contributed by atoms with Crippen molar-refractivity contribution in [1.29, 1.82) is 0 Å². The Labute approximate surface area is 174 Å². The molecule has 158 valence electrons. The van der Waals surface area contributed by atoms with Gasteiger partial charge in [-0.15, -0.1) is 0 Å². The summed E-state index contributed by atoms with van der Waals surface area (Å²) in [5, 5.41) is 9.52. The van der Waals surface area contributed by atoms with Crippen LogP contribution in [0, 0.1) is 0 Å². The van der Waals surface area contributed by atoms with Crippen LogP contribution in [0.25, 0.3) is 0 Å². The summed E-state index contributed by atoms with van der Waals surface area (Å²) < 4.78 is 24.6. The van der Waals surface area contributed by atoms with Crippen LogP contribution >= 0.6 is 0 Å². The van der Waals surface area contributed by atoms with Crippen LogP contribution in [-0.4, -0.2) is 47.7 Å². The molecular weight excluding hydrogens is 370 g/mol. The predicted octanol–water partition coefficient (Wildman–Crippen LogP) is 3.18. The summed E-state index contributed by atoms with van der Waals surface area (Å²) in [6.45, 7) is 15.9. The predicted molar refractivity (Wildman–Crippen MR) is 113 cm³/mol. The van der Waals surface area contributed by atoms with Gasteiger partial charge in [-0.1, -0.05) is 24.3 Å². The summed E-state index contributed by atoms with van der Waals surface area (Å²) >= 11 is 0. The first-order valence-corrected chi connectivity index (χ1v) is 10.2. The zero-order valence-corrected chi connectivity index (χ0v) is 18.7. The van der Waals surface area contributed by atoms with Crippen LogP contribution in [0.4, 0.5) is 0 Å². The molecule has 8 heteroatoms. The first-order valence-electron chi connectivity index (χ1n) is 10.2. The number of hydrogen-bond acceptors (Lipinski definition) is 5. The van der Waals surface area contributed by atoms with Crippen molar-refractivity contribution in [3.63, 3.8) is 0 Å². The fourth-order valence-corrected chi connectivity index (χ4v) is 3.53. The van der Waals surface area contributed by atoms with Gasteiger partial charge in [-0.3, -0.25) is 4.79 Å². The Morgan fingerprint density at radius 1 is 0.897 bits per heavy atom. The third-order valence-electron chi connectivity index (χ3n) is 6.86. The molecule has 29 heavy (non-hydrogen) atoms. The van der Waals surface area contributed by atoms with Crippen molar-refractivity contribution in [2.75, 3.05) is 0 Å². The summed E-state index contributed by atoms with van der Waals surface area (Å²) in [7, 11) is -1.16. The van der Waals surface area contributed by atoms with Crippen molar-refractivity contribution in [3.8, 4) is 0 Å². The highest BCUT2D eigenvalue weighted by atomic mass is 16.7. The zero-order valence-electron chi connectivity index (χ0n) is 18.7. The molecule has 2 heterocycles. The fraction of sp³-hybridized carbons (Fsp3) is 0.667. The molecule has 2 fully saturated rings. The lowest BCUT2D eigenvalue weighted by Gasteiger charge is -2.32. The first-order chi connectivity index (χ1) is 13.2. The van der Waals surface area contributed by atoms with Crippen molar-refractivity contribution < 1.29 is 28.5 Å². The van der Waals surface area contributed by atoms with Gasteiger partial charge in [0.2, 0.25) is 0 Å². The van der Waals surface area contributed by atoms with E-state index in [0.717, 1.165) is 11.0 Å². The van der Waals surface area contributed by atoms with Gasteiger partial charge in [0.25, 0.3) is 0 Å². The Hall–Kier alpha value is -1.34. The van der Waals surface area contributed by atoms with Gasteiger partial charge < -0.3 is 23.7 Å². The van der Waals surface area contributed by atoms with E-state index >= 15 is 0 Å². The molecule has 1 atom stereocenters. The molecule has 0 amide bonds. The average molecular weight is 402 g/mol. The third-order valence-corrected chi connectivity index (χ3v) is 6.86. The number of carboxylic acid groups (broad SMARTS) is 1. The minimum absolute atomic E-state index is 0.0936. The molecule has 1 aromatic carbocycles. The van der Waals surface area contributed by atoms with Gasteiger partial charge in [-0.25, -0.2) is 0 Å². The summed E-state index contributed by atoms with van der Waals surface area (Å²) in [6, 6.07) is 7.69. The van der Waals surface area contributed by atoms with E-state index in [1.165, 1.54) is 0 Å². The van der Waals surface area contributed by atoms with Crippen LogP contribution in [0.1, 0.15) is 73.2 Å². The van der Waals surface area contributed by atoms with Crippen LogP contribution in [-0.2, 0) is 23.4 Å². The Balaban J connectivity index is 1.91. The average Bonchev–Trinajstić information content (AvgIpc) is 2.92. The number of carbonyl (C=O) groups is 1. The minimum atomic E-state index is -0.897. The highest BCUT2D eigenvalue weighted by Crippen LogP contribution is 2.42. The number of hydrogen-bond donors (Lipinski definition) is 1. The quantitative estimate of drug-likeness (QED) is 0.763. The summed E-state index contributed by atoms with van der Waals surface area (Å²) in [6.07, 6.45) is -0.0936. The molecule has 1 unspecified atom stereocenters. The van der Waals surface area contributed by atoms with Crippen LogP contribution < -0.4 is 5.46 Å². The van der Waals surface area contributed by atoms with Crippen molar-refractivity contribution in [3.05, 3.63) is 29.8 Å². The number of aliphatic carboxylic acids is 1. The molecule has 0 spiro atoms. The molecule has 0 aromatic heterocycles. The molecule has 1 aromatic rings. The lowest BCUT2D eigenvalue weighted by atomic mass is 9.65. The molecule has 3 rings (SSSR count). The standard InChI is InChI=1S/C21H32B2O6/c1-18(2)19(3,4)27-22(26-18)15-11-9-10-14(12-15)16(13-17(24)25)23-28-20(5,6)21(7,8)29-23/h9-12,16H,13H2,1-8H3,(H,24,25). The van der Waals surface area contributed by atoms with E-state index in [4.69, 9.17) is 18.6 Å². The highest BCUT2D eigenvalue weighted by molar-refractivity contribution is 6.62. The second-order valence-corrected chi connectivity index (χ2v) is 10.1. The molecule has 2 aliphatic heterocycles. The SMILES string of the molecule is CC1(C)OB(c2cccc(C(CC(=O)O)B3OC(C)(C)C(C)(C)O3)c2)OC1(C)C. The molecular formula is C21H32B2O6. The van der Waals surface area contributed by atoms with E-state index in [2.05, 4.69) is 0 Å². The maximum atomic E-state index is 11.6. The summed E-state index contributed by atoms with van der Waals surface area (Å²) in [5.74, 6) is -1.35. The monoisotopic (exact) mass is 402 g/mol. The van der Waals surface area contributed by atoms with Crippen molar-refractivity contribution >= 4 is 25.7 Å². The van der Waals surface area contributed by atoms with E-state index in [1.54, 1.807) is 0 Å². The van der Waals surface area contributed by atoms with Crippen LogP contribution in [0.2, 0.25) is 0 Å². The smallest absolute Gasteiger partial charge is 0.481 e. The number of carboxylic acids is 1. The Kier molecular flexibility index (Phi) is 5.49. The third kappa shape index (κ3) is 4.13. The topological polar surface area (TPSA) is 74.2 Å². The van der Waals surface area contributed by atoms with Gasteiger partial charge in [0, 0.05) is 5.82 Å². The molecule has 0 aliphatic carbocycles. The molecule has 1 N–H and O–H groups in total. The highest BCUT2D eigenvalue weighted by Gasteiger charge is 2.55. The van der Waals surface area contributed by atoms with Gasteiger partial charge >= 0.3 is 20.2 Å². The van der Waals surface area contributed by atoms with Gasteiger partial charge in [0.05, 0.1) is 28.8 Å². The molecule has 0 saturated carbocycles. The largest absolute Gasteiger partial charge is 0.494 e. The maximum absolute atomic E-state index is 11.6. The van der Waals surface area contributed by atoms with E-state index in [1.807, 2.05) is 79.7 Å². The maximum Gasteiger partial charge on any atom is 0.494 e. The lowest BCUT2D eigenvalue weighted by Crippen LogP contribution is -2.41. The summed E-state index contributed by atoms with van der Waals surface area (Å²) in [4.78, 5) is 11.6. The Morgan fingerprint density at radius 3 is 1.86 bits per heavy atom. The van der Waals surface area contributed by atoms with E-state index < -0.39 is 48.4 Å². The van der Waals surface area contributed by atoms with Crippen LogP contribution in [0.15, 0.2) is 24.3 Å². The Morgan fingerprint density at radius 2 is 1.38 bits per heavy atom. The van der Waals surface area contributed by atoms with Gasteiger partial charge in [0.1, 0.15) is 0 Å². The first kappa shape index (κ1) is 22.3. The molecule has 0 radical (unpaired) electrons. The van der Waals surface area contributed by atoms with Crippen LogP contribution in [0.5, 0.6) is 0 Å². The van der Waals surface area contributed by atoms with Crippen molar-refractivity contribution in [1.82, 2.24) is 0 Å². The summed E-state index contributed by atoms with van der Waals surface area (Å²) in [5.41, 5.74) is -0.263. The zero-order chi connectivity index (χ0) is 21.8. The number of rotatable bonds is 5. The second kappa shape index (κ2) is 7.12. The van der Waals surface area contributed by atoms with Gasteiger partial charge in [-0.2, -0.15) is 0 Å². The lowest BCUT2D eigenvalue weighted by molar-refractivity contribution is -0.137. The Bertz CT molecular complexity index is 757. The van der Waals surface area contributed by atoms with Gasteiger partial charge in [0.15, 0.2) is 0 Å². The van der Waals surface area contributed by atoms with Crippen molar-refractivity contribution in [2.24, 2.45) is 0 Å². The molecule has 6 nitrogen and oxygen atoms in total. The minimum Gasteiger partial charge on any atom is -0.481 e. The second-order valence-electron chi connectivity index (χ2n) is 10.1. The fourth-order valence-electron chi connectivity index (χ4n) is 3.53. The van der Waals surface area contributed by atoms with Crippen LogP contribution in [0.3, 0.4) is 0 Å². The van der Waals surface area contributed by atoms with E-state index in [-0.39, 0.29) is 6.42 Å². The van der Waals surface area contributed by atoms with Gasteiger partial charge in [-0.05, 0) is 66.4 Å². The normalized spacial score (nSPS) is 25.2. The number of benzene rings is 1. The van der Waals surface area contributed by atoms with Crippen molar-refractivity contribution in [2.45, 2.75) is 90.0 Å². The molecule has 2 saturated heterocycles. The molecule has 0 bridgehead atoms. The van der Waals surface area contributed by atoms with E-state index in [9.17, 15) is 9.90 Å².